The van der Waals surface area contributed by atoms with Crippen LogP contribution < -0.4 is 10.2 Å². The van der Waals surface area contributed by atoms with Gasteiger partial charge >= 0.3 is 6.03 Å². The van der Waals surface area contributed by atoms with Crippen LogP contribution in [0.2, 0.25) is 0 Å². The highest BCUT2D eigenvalue weighted by Gasteiger charge is 2.45. The van der Waals surface area contributed by atoms with Crippen molar-refractivity contribution in [2.24, 2.45) is 0 Å². The van der Waals surface area contributed by atoms with Crippen LogP contribution in [-0.2, 0) is 4.79 Å². The van der Waals surface area contributed by atoms with Gasteiger partial charge in [-0.15, -0.1) is 0 Å². The third kappa shape index (κ3) is 1.64. The monoisotopic (exact) mass is 229 g/mol. The summed E-state index contributed by atoms with van der Waals surface area (Å²) in [5.41, 5.74) is -0.309. The van der Waals surface area contributed by atoms with Crippen molar-refractivity contribution in [3.05, 3.63) is 29.8 Å². The van der Waals surface area contributed by atoms with Gasteiger partial charge in [0.1, 0.15) is 11.6 Å². The molecule has 86 valence electrons. The molecule has 2 rings (SSSR count). The van der Waals surface area contributed by atoms with Gasteiger partial charge in [0, 0.05) is 0 Å². The van der Waals surface area contributed by atoms with E-state index < -0.39 is 11.6 Å². The standard InChI is InChI=1S/C12H11N3O2/c1-12(2)10(16)15(11(17)14-12)9-6-4-3-5-8(9)7-13/h3-6H,1-2H3,(H,14,17). The fourth-order valence-electron chi connectivity index (χ4n) is 1.73. The van der Waals surface area contributed by atoms with Gasteiger partial charge in [-0.05, 0) is 26.0 Å². The van der Waals surface area contributed by atoms with E-state index in [1.54, 1.807) is 38.1 Å². The summed E-state index contributed by atoms with van der Waals surface area (Å²) < 4.78 is 0. The molecular weight excluding hydrogens is 218 g/mol. The number of imide groups is 1. The lowest BCUT2D eigenvalue weighted by Crippen LogP contribution is -2.40. The van der Waals surface area contributed by atoms with Crippen LogP contribution in [0.3, 0.4) is 0 Å². The summed E-state index contributed by atoms with van der Waals surface area (Å²) in [7, 11) is 0. The molecule has 0 unspecified atom stereocenters. The van der Waals surface area contributed by atoms with Gasteiger partial charge in [0.15, 0.2) is 0 Å². The molecule has 1 fully saturated rings. The molecule has 1 aromatic carbocycles. The zero-order valence-electron chi connectivity index (χ0n) is 9.52. The maximum Gasteiger partial charge on any atom is 0.329 e. The number of amides is 3. The van der Waals surface area contributed by atoms with Crippen molar-refractivity contribution in [3.63, 3.8) is 0 Å². The minimum Gasteiger partial charge on any atom is -0.323 e. The number of para-hydroxylation sites is 1. The average Bonchev–Trinajstić information content (AvgIpc) is 2.48. The SMILES string of the molecule is CC1(C)NC(=O)N(c2ccccc2C#N)C1=O. The maximum absolute atomic E-state index is 12.0. The van der Waals surface area contributed by atoms with E-state index in [0.717, 1.165) is 4.90 Å². The molecule has 5 heteroatoms. The number of benzene rings is 1. The summed E-state index contributed by atoms with van der Waals surface area (Å²) in [5.74, 6) is -0.356. The number of nitriles is 1. The van der Waals surface area contributed by atoms with Crippen LogP contribution in [0.25, 0.3) is 0 Å². The molecule has 0 atom stereocenters. The zero-order valence-corrected chi connectivity index (χ0v) is 9.52. The Labute approximate surface area is 98.6 Å². The van der Waals surface area contributed by atoms with Crippen LogP contribution in [-0.4, -0.2) is 17.5 Å². The molecule has 1 aromatic rings. The number of urea groups is 1. The smallest absolute Gasteiger partial charge is 0.323 e. The summed E-state index contributed by atoms with van der Waals surface area (Å²) in [6.07, 6.45) is 0. The molecule has 0 saturated carbocycles. The minimum absolute atomic E-state index is 0.300. The van der Waals surface area contributed by atoms with Crippen molar-refractivity contribution in [1.82, 2.24) is 5.32 Å². The molecule has 0 aliphatic carbocycles. The van der Waals surface area contributed by atoms with E-state index in [1.165, 1.54) is 0 Å². The van der Waals surface area contributed by atoms with E-state index in [1.807, 2.05) is 6.07 Å². The molecule has 0 spiro atoms. The average molecular weight is 229 g/mol. The highest BCUT2D eigenvalue weighted by molar-refractivity contribution is 6.23. The van der Waals surface area contributed by atoms with Crippen molar-refractivity contribution < 1.29 is 9.59 Å². The number of nitrogens with zero attached hydrogens (tertiary/aromatic N) is 2. The number of carbonyl (C=O) groups excluding carboxylic acids is 2. The fourth-order valence-corrected chi connectivity index (χ4v) is 1.73. The molecule has 1 heterocycles. The third-order valence-corrected chi connectivity index (χ3v) is 2.63. The molecular formula is C12H11N3O2. The summed E-state index contributed by atoms with van der Waals surface area (Å²) in [6, 6.07) is 7.99. The second-order valence-electron chi connectivity index (χ2n) is 4.32. The Morgan fingerprint density at radius 1 is 1.29 bits per heavy atom. The first kappa shape index (κ1) is 11.1. The molecule has 1 aliphatic heterocycles. The van der Waals surface area contributed by atoms with Crippen molar-refractivity contribution in [3.8, 4) is 6.07 Å². The summed E-state index contributed by atoms with van der Waals surface area (Å²) >= 11 is 0. The lowest BCUT2D eigenvalue weighted by molar-refractivity contribution is -0.121. The number of nitrogens with one attached hydrogen (secondary N) is 1. The highest BCUT2D eigenvalue weighted by atomic mass is 16.2. The highest BCUT2D eigenvalue weighted by Crippen LogP contribution is 2.26. The Balaban J connectivity index is 2.52. The Bertz CT molecular complexity index is 543. The largest absolute Gasteiger partial charge is 0.329 e. The predicted molar refractivity (Wildman–Crippen MR) is 61.3 cm³/mol. The molecule has 5 nitrogen and oxygen atoms in total. The molecule has 1 aliphatic rings. The van der Waals surface area contributed by atoms with Gasteiger partial charge in [-0.3, -0.25) is 4.79 Å². The second-order valence-corrected chi connectivity index (χ2v) is 4.32. The zero-order chi connectivity index (χ0) is 12.6. The lowest BCUT2D eigenvalue weighted by atomic mass is 10.1. The molecule has 1 N–H and O–H groups in total. The van der Waals surface area contributed by atoms with E-state index in [2.05, 4.69) is 5.32 Å². The predicted octanol–water partition coefficient (Wildman–Crippen LogP) is 1.39. The number of hydrogen-bond donors (Lipinski definition) is 1. The maximum atomic E-state index is 12.0. The first-order chi connectivity index (χ1) is 7.97. The molecule has 1 saturated heterocycles. The quantitative estimate of drug-likeness (QED) is 0.739. The van der Waals surface area contributed by atoms with Gasteiger partial charge in [-0.1, -0.05) is 12.1 Å². The number of rotatable bonds is 1. The minimum atomic E-state index is -0.931. The van der Waals surface area contributed by atoms with Crippen LogP contribution in [0.4, 0.5) is 10.5 Å². The van der Waals surface area contributed by atoms with Crippen LogP contribution in [0.5, 0.6) is 0 Å². The van der Waals surface area contributed by atoms with E-state index in [9.17, 15) is 9.59 Å². The number of anilines is 1. The van der Waals surface area contributed by atoms with Gasteiger partial charge < -0.3 is 5.32 Å². The molecule has 17 heavy (non-hydrogen) atoms. The molecule has 0 bridgehead atoms. The summed E-state index contributed by atoms with van der Waals surface area (Å²) in [4.78, 5) is 24.8. The van der Waals surface area contributed by atoms with E-state index in [-0.39, 0.29) is 5.91 Å². The van der Waals surface area contributed by atoms with Gasteiger partial charge in [0.25, 0.3) is 5.91 Å². The fraction of sp³-hybridized carbons (Fsp3) is 0.250. The van der Waals surface area contributed by atoms with Crippen molar-refractivity contribution >= 4 is 17.6 Å². The van der Waals surface area contributed by atoms with Crippen LogP contribution in [0.1, 0.15) is 19.4 Å². The van der Waals surface area contributed by atoms with E-state index in [4.69, 9.17) is 5.26 Å². The van der Waals surface area contributed by atoms with Crippen molar-refractivity contribution in [1.29, 1.82) is 5.26 Å². The first-order valence-corrected chi connectivity index (χ1v) is 5.13. The second kappa shape index (κ2) is 3.59. The third-order valence-electron chi connectivity index (χ3n) is 2.63. The van der Waals surface area contributed by atoms with Gasteiger partial charge in [0.2, 0.25) is 0 Å². The van der Waals surface area contributed by atoms with Crippen LogP contribution >= 0.6 is 0 Å². The Morgan fingerprint density at radius 3 is 2.47 bits per heavy atom. The van der Waals surface area contributed by atoms with Crippen molar-refractivity contribution in [2.75, 3.05) is 4.90 Å². The summed E-state index contributed by atoms with van der Waals surface area (Å²) in [6.45, 7) is 3.25. The van der Waals surface area contributed by atoms with Crippen molar-refractivity contribution in [2.45, 2.75) is 19.4 Å². The van der Waals surface area contributed by atoms with E-state index >= 15 is 0 Å². The lowest BCUT2D eigenvalue weighted by Gasteiger charge is -2.16. The number of hydrogen-bond acceptors (Lipinski definition) is 3. The van der Waals surface area contributed by atoms with Crippen LogP contribution in [0, 0.1) is 11.3 Å². The van der Waals surface area contributed by atoms with Gasteiger partial charge in [0.05, 0.1) is 11.3 Å². The molecule has 0 aromatic heterocycles. The summed E-state index contributed by atoms with van der Waals surface area (Å²) in [5, 5.41) is 11.5. The normalized spacial score (nSPS) is 17.8. The van der Waals surface area contributed by atoms with Gasteiger partial charge in [-0.2, -0.15) is 5.26 Å². The molecule has 0 radical (unpaired) electrons. The first-order valence-electron chi connectivity index (χ1n) is 5.13. The number of carbonyl (C=O) groups is 2. The topological polar surface area (TPSA) is 73.2 Å². The Kier molecular flexibility index (Phi) is 2.36. The molecule has 3 amide bonds. The van der Waals surface area contributed by atoms with Gasteiger partial charge in [-0.25, -0.2) is 9.69 Å². The van der Waals surface area contributed by atoms with E-state index in [0.29, 0.717) is 11.3 Å². The Hall–Kier alpha value is -2.35. The van der Waals surface area contributed by atoms with Crippen LogP contribution in [0.15, 0.2) is 24.3 Å². The Morgan fingerprint density at radius 2 is 1.94 bits per heavy atom.